The predicted molar refractivity (Wildman–Crippen MR) is 66.5 cm³/mol. The molecule has 2 N–H and O–H groups in total. The molecule has 1 amide bonds. The standard InChI is InChI=1S/C12H24F2N2O2/c1-4-16(9-12(2,3)8-15)11(17)5-6-18-7-10(13)14/h10H,4-9,15H2,1-3H3. The SMILES string of the molecule is CCN(CC(C)(C)CN)C(=O)CCOCC(F)F. The molecule has 0 aliphatic carbocycles. The highest BCUT2D eigenvalue weighted by atomic mass is 19.3. The third-order valence-corrected chi connectivity index (χ3v) is 2.61. The quantitative estimate of drug-likeness (QED) is 0.643. The van der Waals surface area contributed by atoms with E-state index in [0.717, 1.165) is 0 Å². The number of hydrogen-bond donors (Lipinski definition) is 1. The molecule has 6 heteroatoms. The molecular weight excluding hydrogens is 242 g/mol. The third-order valence-electron chi connectivity index (χ3n) is 2.61. The Balaban J connectivity index is 4.04. The van der Waals surface area contributed by atoms with Crippen LogP contribution in [0.25, 0.3) is 0 Å². The number of carbonyl (C=O) groups excluding carboxylic acids is 1. The molecule has 0 rings (SSSR count). The van der Waals surface area contributed by atoms with Gasteiger partial charge in [0.1, 0.15) is 6.61 Å². The van der Waals surface area contributed by atoms with Crippen molar-refractivity contribution >= 4 is 5.91 Å². The van der Waals surface area contributed by atoms with Gasteiger partial charge < -0.3 is 15.4 Å². The van der Waals surface area contributed by atoms with Crippen molar-refractivity contribution in [2.45, 2.75) is 33.6 Å². The van der Waals surface area contributed by atoms with Gasteiger partial charge in [0.05, 0.1) is 13.0 Å². The van der Waals surface area contributed by atoms with Crippen molar-refractivity contribution in [2.75, 3.05) is 32.8 Å². The van der Waals surface area contributed by atoms with E-state index in [1.165, 1.54) is 0 Å². The Morgan fingerprint density at radius 1 is 1.44 bits per heavy atom. The highest BCUT2D eigenvalue weighted by Crippen LogP contribution is 2.15. The minimum absolute atomic E-state index is 0.0305. The van der Waals surface area contributed by atoms with Crippen LogP contribution in [-0.2, 0) is 9.53 Å². The second-order valence-corrected chi connectivity index (χ2v) is 4.99. The smallest absolute Gasteiger partial charge is 0.261 e. The fourth-order valence-corrected chi connectivity index (χ4v) is 1.45. The molecule has 0 aromatic heterocycles. The molecule has 0 unspecified atom stereocenters. The Labute approximate surface area is 107 Å². The van der Waals surface area contributed by atoms with Crippen molar-refractivity contribution in [1.82, 2.24) is 4.90 Å². The van der Waals surface area contributed by atoms with Crippen molar-refractivity contribution in [3.8, 4) is 0 Å². The lowest BCUT2D eigenvalue weighted by molar-refractivity contribution is -0.133. The summed E-state index contributed by atoms with van der Waals surface area (Å²) in [6.45, 7) is 6.89. The number of amides is 1. The van der Waals surface area contributed by atoms with E-state index in [2.05, 4.69) is 0 Å². The molecule has 0 atom stereocenters. The molecule has 0 heterocycles. The van der Waals surface area contributed by atoms with Crippen LogP contribution in [-0.4, -0.2) is 50.1 Å². The maximum absolute atomic E-state index is 11.8. The van der Waals surface area contributed by atoms with Crippen LogP contribution >= 0.6 is 0 Å². The molecule has 108 valence electrons. The van der Waals surface area contributed by atoms with E-state index in [9.17, 15) is 13.6 Å². The molecular formula is C12H24F2N2O2. The highest BCUT2D eigenvalue weighted by molar-refractivity contribution is 5.76. The summed E-state index contributed by atoms with van der Waals surface area (Å²) in [5.74, 6) is -0.0895. The van der Waals surface area contributed by atoms with Crippen molar-refractivity contribution in [3.05, 3.63) is 0 Å². The van der Waals surface area contributed by atoms with E-state index in [0.29, 0.717) is 19.6 Å². The number of rotatable bonds is 9. The second kappa shape index (κ2) is 8.37. The number of nitrogens with zero attached hydrogens (tertiary/aromatic N) is 1. The van der Waals surface area contributed by atoms with E-state index in [-0.39, 0.29) is 24.3 Å². The summed E-state index contributed by atoms with van der Waals surface area (Å²) in [6.07, 6.45) is -2.36. The van der Waals surface area contributed by atoms with Gasteiger partial charge in [-0.15, -0.1) is 0 Å². The van der Waals surface area contributed by atoms with Gasteiger partial charge in [-0.05, 0) is 18.9 Å². The fourth-order valence-electron chi connectivity index (χ4n) is 1.45. The van der Waals surface area contributed by atoms with Crippen LogP contribution in [0.1, 0.15) is 27.2 Å². The van der Waals surface area contributed by atoms with E-state index in [1.807, 2.05) is 20.8 Å². The van der Waals surface area contributed by atoms with E-state index >= 15 is 0 Å². The molecule has 0 aromatic carbocycles. The summed E-state index contributed by atoms with van der Waals surface area (Å²) in [4.78, 5) is 13.5. The Kier molecular flexibility index (Phi) is 8.02. The monoisotopic (exact) mass is 266 g/mol. The Morgan fingerprint density at radius 2 is 2.06 bits per heavy atom. The largest absolute Gasteiger partial charge is 0.375 e. The molecule has 0 fully saturated rings. The van der Waals surface area contributed by atoms with Crippen molar-refractivity contribution < 1.29 is 18.3 Å². The number of carbonyl (C=O) groups is 1. The van der Waals surface area contributed by atoms with E-state index < -0.39 is 13.0 Å². The molecule has 0 saturated heterocycles. The first kappa shape index (κ1) is 17.2. The van der Waals surface area contributed by atoms with Crippen LogP contribution in [0.4, 0.5) is 8.78 Å². The summed E-state index contributed by atoms with van der Waals surface area (Å²) in [6, 6.07) is 0. The molecule has 0 aliphatic heterocycles. The molecule has 4 nitrogen and oxygen atoms in total. The lowest BCUT2D eigenvalue weighted by atomic mass is 9.93. The zero-order valence-electron chi connectivity index (χ0n) is 11.4. The Morgan fingerprint density at radius 3 is 2.50 bits per heavy atom. The summed E-state index contributed by atoms with van der Waals surface area (Å²) in [5, 5.41) is 0. The molecule has 0 spiro atoms. The van der Waals surface area contributed by atoms with Crippen LogP contribution in [0, 0.1) is 5.41 Å². The Hall–Kier alpha value is -0.750. The van der Waals surface area contributed by atoms with Crippen LogP contribution in [0.15, 0.2) is 0 Å². The first-order valence-electron chi connectivity index (χ1n) is 6.16. The first-order valence-corrected chi connectivity index (χ1v) is 6.16. The molecule has 0 aliphatic rings. The zero-order chi connectivity index (χ0) is 14.2. The van der Waals surface area contributed by atoms with Crippen molar-refractivity contribution in [2.24, 2.45) is 11.1 Å². The number of nitrogens with two attached hydrogens (primary N) is 1. The number of halogens is 2. The van der Waals surface area contributed by atoms with Gasteiger partial charge in [-0.1, -0.05) is 13.8 Å². The summed E-state index contributed by atoms with van der Waals surface area (Å²) in [7, 11) is 0. The van der Waals surface area contributed by atoms with Gasteiger partial charge in [-0.25, -0.2) is 8.78 Å². The molecule has 0 saturated carbocycles. The topological polar surface area (TPSA) is 55.6 Å². The molecule has 0 radical (unpaired) electrons. The molecule has 0 bridgehead atoms. The minimum Gasteiger partial charge on any atom is -0.375 e. The number of alkyl halides is 2. The van der Waals surface area contributed by atoms with Crippen molar-refractivity contribution in [1.29, 1.82) is 0 Å². The van der Waals surface area contributed by atoms with Crippen LogP contribution in [0.2, 0.25) is 0 Å². The van der Waals surface area contributed by atoms with Gasteiger partial charge in [0.15, 0.2) is 0 Å². The fraction of sp³-hybridized carbons (Fsp3) is 0.917. The number of ether oxygens (including phenoxy) is 1. The van der Waals surface area contributed by atoms with Crippen LogP contribution in [0.3, 0.4) is 0 Å². The normalized spacial score (nSPS) is 11.9. The van der Waals surface area contributed by atoms with Crippen molar-refractivity contribution in [3.63, 3.8) is 0 Å². The first-order chi connectivity index (χ1) is 8.32. The van der Waals surface area contributed by atoms with Gasteiger partial charge in [0, 0.05) is 13.1 Å². The highest BCUT2D eigenvalue weighted by Gasteiger charge is 2.22. The average molecular weight is 266 g/mol. The zero-order valence-corrected chi connectivity index (χ0v) is 11.4. The summed E-state index contributed by atoms with van der Waals surface area (Å²) < 4.78 is 28.3. The number of hydrogen-bond acceptors (Lipinski definition) is 3. The molecule has 0 aromatic rings. The van der Waals surface area contributed by atoms with E-state index in [4.69, 9.17) is 10.5 Å². The maximum atomic E-state index is 11.8. The molecule has 18 heavy (non-hydrogen) atoms. The van der Waals surface area contributed by atoms with Gasteiger partial charge in [-0.2, -0.15) is 0 Å². The van der Waals surface area contributed by atoms with Gasteiger partial charge in [0.2, 0.25) is 5.91 Å². The lowest BCUT2D eigenvalue weighted by Gasteiger charge is -2.31. The van der Waals surface area contributed by atoms with Gasteiger partial charge >= 0.3 is 0 Å². The van der Waals surface area contributed by atoms with Gasteiger partial charge in [0.25, 0.3) is 6.43 Å². The Bertz CT molecular complexity index is 248. The summed E-state index contributed by atoms with van der Waals surface area (Å²) >= 11 is 0. The maximum Gasteiger partial charge on any atom is 0.261 e. The lowest BCUT2D eigenvalue weighted by Crippen LogP contribution is -2.42. The van der Waals surface area contributed by atoms with Crippen LogP contribution < -0.4 is 5.73 Å². The van der Waals surface area contributed by atoms with Gasteiger partial charge in [-0.3, -0.25) is 4.79 Å². The second-order valence-electron chi connectivity index (χ2n) is 4.99. The van der Waals surface area contributed by atoms with E-state index in [1.54, 1.807) is 4.90 Å². The minimum atomic E-state index is -2.49. The average Bonchev–Trinajstić information content (AvgIpc) is 2.31. The van der Waals surface area contributed by atoms with Crippen LogP contribution in [0.5, 0.6) is 0 Å². The predicted octanol–water partition coefficient (Wildman–Crippen LogP) is 1.49. The summed E-state index contributed by atoms with van der Waals surface area (Å²) in [5.41, 5.74) is 5.48. The third kappa shape index (κ3) is 7.55.